The van der Waals surface area contributed by atoms with Crippen LogP contribution in [-0.2, 0) is 27.7 Å². The fourth-order valence-corrected chi connectivity index (χ4v) is 5.70. The van der Waals surface area contributed by atoms with E-state index < -0.39 is 29.1 Å². The summed E-state index contributed by atoms with van der Waals surface area (Å²) in [6.45, 7) is 9.21. The Bertz CT molecular complexity index is 1600. The highest BCUT2D eigenvalue weighted by Crippen LogP contribution is 2.43. The molecule has 0 spiro atoms. The Kier molecular flexibility index (Phi) is 7.65. The lowest BCUT2D eigenvalue weighted by Gasteiger charge is -2.30. The van der Waals surface area contributed by atoms with Crippen LogP contribution in [-0.4, -0.2) is 65.0 Å². The fourth-order valence-electron chi connectivity index (χ4n) is 5.70. The van der Waals surface area contributed by atoms with Crippen molar-refractivity contribution < 1.29 is 33.3 Å². The molecule has 3 aromatic rings. The molecular weight excluding hydrogens is 531 g/mol. The zero-order chi connectivity index (χ0) is 29.6. The standard InChI is InChI=1S/C31H35FN2O7/c1-17-19-7-6-12-40-26(19)23(32)16-21(17)24-20-9-8-18(28(35)34-10-13-39-14-11-34)15-22(20)29(36)33(5)25(24)27(30(37)38)41-31(2,3)4/h8-9,15-16,27H,6-7,10-14H2,1-5H3,(H,37,38). The van der Waals surface area contributed by atoms with Gasteiger partial charge in [0.25, 0.3) is 11.5 Å². The number of benzene rings is 2. The van der Waals surface area contributed by atoms with Crippen molar-refractivity contribution in [3.8, 4) is 16.9 Å². The summed E-state index contributed by atoms with van der Waals surface area (Å²) in [5.74, 6) is -1.87. The highest BCUT2D eigenvalue weighted by molar-refractivity contribution is 6.04. The zero-order valence-electron chi connectivity index (χ0n) is 24.0. The third-order valence-corrected chi connectivity index (χ3v) is 7.64. The largest absolute Gasteiger partial charge is 0.490 e. The summed E-state index contributed by atoms with van der Waals surface area (Å²) in [4.78, 5) is 41.5. The van der Waals surface area contributed by atoms with E-state index in [2.05, 4.69) is 0 Å². The molecule has 2 aliphatic rings. The topological polar surface area (TPSA) is 107 Å². The molecule has 2 aliphatic heterocycles. The molecule has 1 N–H and O–H groups in total. The van der Waals surface area contributed by atoms with Crippen molar-refractivity contribution in [3.05, 3.63) is 62.8 Å². The van der Waals surface area contributed by atoms with Crippen LogP contribution >= 0.6 is 0 Å². The SMILES string of the molecule is Cc1c(-c2c(C(OC(C)(C)C)C(=O)O)n(C)c(=O)c3cc(C(=O)N4CCOCC4)ccc23)cc(F)c2c1CCCO2. The number of carbonyl (C=O) groups excluding carboxylic acids is 1. The number of halogens is 1. The molecule has 0 aliphatic carbocycles. The van der Waals surface area contributed by atoms with Crippen molar-refractivity contribution >= 4 is 22.6 Å². The van der Waals surface area contributed by atoms with E-state index in [-0.39, 0.29) is 22.7 Å². The number of hydrogen-bond acceptors (Lipinski definition) is 6. The van der Waals surface area contributed by atoms with Crippen LogP contribution in [0.1, 0.15) is 60.5 Å². The molecular formula is C31H35FN2O7. The molecule has 1 unspecified atom stereocenters. The van der Waals surface area contributed by atoms with Gasteiger partial charge in [-0.05, 0) is 75.2 Å². The molecule has 0 bridgehead atoms. The highest BCUT2D eigenvalue weighted by atomic mass is 19.1. The Morgan fingerprint density at radius 3 is 2.46 bits per heavy atom. The summed E-state index contributed by atoms with van der Waals surface area (Å²) < 4.78 is 33.8. The van der Waals surface area contributed by atoms with Crippen molar-refractivity contribution in [1.82, 2.24) is 9.47 Å². The van der Waals surface area contributed by atoms with Crippen molar-refractivity contribution in [1.29, 1.82) is 0 Å². The molecule has 0 saturated carbocycles. The van der Waals surface area contributed by atoms with Gasteiger partial charge in [-0.3, -0.25) is 9.59 Å². The molecule has 9 nitrogen and oxygen atoms in total. The van der Waals surface area contributed by atoms with E-state index in [1.807, 2.05) is 6.92 Å². The third kappa shape index (κ3) is 5.34. The predicted molar refractivity (Wildman–Crippen MR) is 151 cm³/mol. The number of ether oxygens (including phenoxy) is 3. The Morgan fingerprint density at radius 1 is 1.10 bits per heavy atom. The first-order chi connectivity index (χ1) is 19.4. The number of aliphatic carboxylic acids is 1. The van der Waals surface area contributed by atoms with Crippen molar-refractivity contribution in [2.75, 3.05) is 32.9 Å². The average Bonchev–Trinajstić information content (AvgIpc) is 2.95. The van der Waals surface area contributed by atoms with E-state index in [0.717, 1.165) is 12.0 Å². The number of carboxylic acids is 1. The maximum Gasteiger partial charge on any atom is 0.339 e. The van der Waals surface area contributed by atoms with E-state index in [0.29, 0.717) is 67.0 Å². The second kappa shape index (κ2) is 10.9. The summed E-state index contributed by atoms with van der Waals surface area (Å²) in [7, 11) is 1.48. The van der Waals surface area contributed by atoms with Gasteiger partial charge in [0.1, 0.15) is 0 Å². The number of carbonyl (C=O) groups is 2. The lowest BCUT2D eigenvalue weighted by molar-refractivity contribution is -0.161. The van der Waals surface area contributed by atoms with Crippen molar-refractivity contribution in [3.63, 3.8) is 0 Å². The molecule has 218 valence electrons. The summed E-state index contributed by atoms with van der Waals surface area (Å²) in [6, 6.07) is 6.15. The number of pyridine rings is 1. The van der Waals surface area contributed by atoms with Crippen molar-refractivity contribution in [2.45, 2.75) is 52.2 Å². The number of fused-ring (bicyclic) bond motifs is 2. The van der Waals surface area contributed by atoms with Gasteiger partial charge < -0.3 is 28.8 Å². The van der Waals surface area contributed by atoms with Gasteiger partial charge in [0.2, 0.25) is 0 Å². The van der Waals surface area contributed by atoms with Gasteiger partial charge in [-0.15, -0.1) is 0 Å². The second-order valence-electron chi connectivity index (χ2n) is 11.5. The average molecular weight is 567 g/mol. The minimum atomic E-state index is -1.53. The summed E-state index contributed by atoms with van der Waals surface area (Å²) in [5, 5.41) is 11.0. The number of amides is 1. The lowest BCUT2D eigenvalue weighted by atomic mass is 9.87. The van der Waals surface area contributed by atoms with Crippen LogP contribution in [0.15, 0.2) is 29.1 Å². The number of aromatic nitrogens is 1. The van der Waals surface area contributed by atoms with Crippen LogP contribution < -0.4 is 10.3 Å². The summed E-state index contributed by atoms with van der Waals surface area (Å²) in [5.41, 5.74) is 1.32. The zero-order valence-corrected chi connectivity index (χ0v) is 24.0. The Hall–Kier alpha value is -3.76. The highest BCUT2D eigenvalue weighted by Gasteiger charge is 2.34. The number of hydrogen-bond donors (Lipinski definition) is 1. The van der Waals surface area contributed by atoms with E-state index in [1.54, 1.807) is 37.8 Å². The number of morpholine rings is 1. The number of carboxylic acid groups (broad SMARTS) is 1. The quantitative estimate of drug-likeness (QED) is 0.488. The molecule has 10 heteroatoms. The summed E-state index contributed by atoms with van der Waals surface area (Å²) >= 11 is 0. The van der Waals surface area contributed by atoms with E-state index >= 15 is 4.39 Å². The Morgan fingerprint density at radius 2 is 1.80 bits per heavy atom. The molecule has 41 heavy (non-hydrogen) atoms. The van der Waals surface area contributed by atoms with Gasteiger partial charge in [-0.1, -0.05) is 6.07 Å². The molecule has 1 fully saturated rings. The minimum Gasteiger partial charge on any atom is -0.490 e. The smallest absolute Gasteiger partial charge is 0.339 e. The maximum atomic E-state index is 15.5. The van der Waals surface area contributed by atoms with Crippen LogP contribution in [0.25, 0.3) is 21.9 Å². The molecule has 2 aromatic carbocycles. The van der Waals surface area contributed by atoms with E-state index in [1.165, 1.54) is 23.7 Å². The molecule has 5 rings (SSSR count). The first-order valence-electron chi connectivity index (χ1n) is 13.8. The van der Waals surface area contributed by atoms with Gasteiger partial charge in [0.05, 0.1) is 31.1 Å². The lowest BCUT2D eigenvalue weighted by Crippen LogP contribution is -2.40. The van der Waals surface area contributed by atoms with Gasteiger partial charge >= 0.3 is 5.97 Å². The summed E-state index contributed by atoms with van der Waals surface area (Å²) in [6.07, 6.45) is -0.212. The first kappa shape index (κ1) is 28.8. The Balaban J connectivity index is 1.83. The molecule has 1 aromatic heterocycles. The van der Waals surface area contributed by atoms with Crippen LogP contribution in [0.4, 0.5) is 4.39 Å². The van der Waals surface area contributed by atoms with Gasteiger partial charge in [-0.25, -0.2) is 9.18 Å². The van der Waals surface area contributed by atoms with Gasteiger partial charge in [-0.2, -0.15) is 0 Å². The molecule has 1 atom stereocenters. The number of nitrogens with zero attached hydrogens (tertiary/aromatic N) is 2. The normalized spacial score (nSPS) is 16.3. The minimum absolute atomic E-state index is 0.0939. The van der Waals surface area contributed by atoms with Gasteiger partial charge in [0, 0.05) is 42.2 Å². The molecule has 1 amide bonds. The van der Waals surface area contributed by atoms with E-state index in [9.17, 15) is 19.5 Å². The maximum absolute atomic E-state index is 15.5. The Labute approximate surface area is 237 Å². The van der Waals surface area contributed by atoms with Crippen LogP contribution in [0.3, 0.4) is 0 Å². The molecule has 3 heterocycles. The third-order valence-electron chi connectivity index (χ3n) is 7.64. The van der Waals surface area contributed by atoms with Crippen molar-refractivity contribution in [2.24, 2.45) is 7.05 Å². The first-order valence-corrected chi connectivity index (χ1v) is 13.8. The predicted octanol–water partition coefficient (Wildman–Crippen LogP) is 4.39. The second-order valence-corrected chi connectivity index (χ2v) is 11.5. The molecule has 0 radical (unpaired) electrons. The number of rotatable bonds is 5. The van der Waals surface area contributed by atoms with E-state index in [4.69, 9.17) is 14.2 Å². The van der Waals surface area contributed by atoms with Crippen LogP contribution in [0.2, 0.25) is 0 Å². The monoisotopic (exact) mass is 566 g/mol. The van der Waals surface area contributed by atoms with Gasteiger partial charge in [0.15, 0.2) is 17.7 Å². The fraction of sp³-hybridized carbons (Fsp3) is 0.452. The van der Waals surface area contributed by atoms with Crippen LogP contribution in [0.5, 0.6) is 5.75 Å². The molecule has 1 saturated heterocycles. The van der Waals surface area contributed by atoms with Crippen LogP contribution in [0, 0.1) is 12.7 Å².